The van der Waals surface area contributed by atoms with E-state index in [4.69, 9.17) is 25.8 Å². The van der Waals surface area contributed by atoms with Gasteiger partial charge >= 0.3 is 5.97 Å². The van der Waals surface area contributed by atoms with Gasteiger partial charge in [-0.1, -0.05) is 11.6 Å². The van der Waals surface area contributed by atoms with Crippen molar-refractivity contribution in [1.82, 2.24) is 19.5 Å². The Morgan fingerprint density at radius 2 is 2.08 bits per heavy atom. The van der Waals surface area contributed by atoms with Gasteiger partial charge in [0.2, 0.25) is 0 Å². The molecule has 2 aliphatic rings. The first-order chi connectivity index (χ1) is 11.2. The van der Waals surface area contributed by atoms with E-state index in [0.29, 0.717) is 11.2 Å². The molecule has 24 heavy (non-hydrogen) atoms. The summed E-state index contributed by atoms with van der Waals surface area (Å²) in [6, 6.07) is 0. The number of rotatable bonds is 2. The second-order valence-corrected chi connectivity index (χ2v) is 6.82. The van der Waals surface area contributed by atoms with Crippen LogP contribution in [0, 0.1) is 0 Å². The lowest BCUT2D eigenvalue weighted by atomic mass is 9.96. The minimum atomic E-state index is -1.17. The highest BCUT2D eigenvalue weighted by Crippen LogP contribution is 2.51. The quantitative estimate of drug-likeness (QED) is 0.805. The Morgan fingerprint density at radius 1 is 1.33 bits per heavy atom. The highest BCUT2D eigenvalue weighted by molar-refractivity contribution is 6.33. The zero-order valence-corrected chi connectivity index (χ0v) is 13.9. The fourth-order valence-corrected chi connectivity index (χ4v) is 3.63. The third kappa shape index (κ3) is 2.05. The van der Waals surface area contributed by atoms with Crippen LogP contribution in [-0.4, -0.2) is 54.2 Å². The lowest BCUT2D eigenvalue weighted by Crippen LogP contribution is -2.43. The second kappa shape index (κ2) is 4.85. The Kier molecular flexibility index (Phi) is 3.17. The van der Waals surface area contributed by atoms with Crippen LogP contribution < -0.4 is 0 Å². The molecule has 9 nitrogen and oxygen atoms in total. The molecule has 1 N–H and O–H groups in total. The van der Waals surface area contributed by atoms with Crippen molar-refractivity contribution in [3.8, 4) is 0 Å². The zero-order chi connectivity index (χ0) is 17.3. The lowest BCUT2D eigenvalue weighted by Gasteiger charge is -2.30. The molecule has 0 bridgehead atoms. The van der Waals surface area contributed by atoms with E-state index in [9.17, 15) is 9.90 Å². The van der Waals surface area contributed by atoms with Crippen LogP contribution in [0.3, 0.4) is 0 Å². The molecule has 0 aliphatic carbocycles. The highest BCUT2D eigenvalue weighted by atomic mass is 35.5. The van der Waals surface area contributed by atoms with Crippen molar-refractivity contribution in [2.24, 2.45) is 0 Å². The first-order valence-electron chi connectivity index (χ1n) is 7.32. The van der Waals surface area contributed by atoms with E-state index in [-0.39, 0.29) is 5.15 Å². The molecule has 0 spiro atoms. The van der Waals surface area contributed by atoms with Crippen molar-refractivity contribution in [2.75, 3.05) is 0 Å². The summed E-state index contributed by atoms with van der Waals surface area (Å²) < 4.78 is 19.2. The number of imidazole rings is 1. The number of halogens is 1. The summed E-state index contributed by atoms with van der Waals surface area (Å²) in [6.45, 7) is 5.23. The third-order valence-corrected chi connectivity index (χ3v) is 4.57. The fraction of sp³-hybridized carbons (Fsp3) is 0.571. The highest BCUT2D eigenvalue weighted by Gasteiger charge is 2.66. The van der Waals surface area contributed by atoms with Gasteiger partial charge in [0.05, 0.1) is 6.33 Å². The van der Waals surface area contributed by atoms with E-state index in [1.54, 1.807) is 25.3 Å². The molecule has 2 aromatic rings. The summed E-state index contributed by atoms with van der Waals surface area (Å²) in [7, 11) is 0. The number of aromatic nitrogens is 4. The molecular formula is C14H15ClN4O5. The number of carbonyl (C=O) groups is 1. The molecule has 4 heterocycles. The summed E-state index contributed by atoms with van der Waals surface area (Å²) in [5.74, 6) is -2.05. The first-order valence-corrected chi connectivity index (χ1v) is 7.70. The van der Waals surface area contributed by atoms with Crippen LogP contribution >= 0.6 is 11.6 Å². The molecule has 2 fully saturated rings. The molecule has 2 saturated heterocycles. The topological polar surface area (TPSA) is 109 Å². The lowest BCUT2D eigenvalue weighted by molar-refractivity contribution is -0.217. The smallest absolute Gasteiger partial charge is 0.335 e. The van der Waals surface area contributed by atoms with E-state index < -0.39 is 35.8 Å². The van der Waals surface area contributed by atoms with E-state index >= 15 is 0 Å². The number of hydrogen-bond donors (Lipinski definition) is 1. The molecular weight excluding hydrogens is 340 g/mol. The van der Waals surface area contributed by atoms with Gasteiger partial charge in [-0.25, -0.2) is 19.7 Å². The summed E-state index contributed by atoms with van der Waals surface area (Å²) >= 11 is 6.03. The Balaban J connectivity index is 1.85. The summed E-state index contributed by atoms with van der Waals surface area (Å²) in [4.78, 5) is 23.9. The predicted molar refractivity (Wildman–Crippen MR) is 80.3 cm³/mol. The normalized spacial score (nSPS) is 34.6. The Bertz CT molecular complexity index is 840. The number of aliphatic carboxylic acids is 1. The number of carboxylic acid groups (broad SMARTS) is 1. The molecule has 128 valence electrons. The molecule has 0 unspecified atom stereocenters. The first kappa shape index (κ1) is 15.7. The minimum Gasteiger partial charge on any atom is -0.479 e. The SMILES string of the molecule is CC1(C)O[C@@H]2[C@@H](C(=O)O)O[C@@H](n3cnc4c(Cl)ncnc43)[C@]2(C)O1. The predicted octanol–water partition coefficient (Wildman–Crippen LogP) is 1.37. The number of fused-ring (bicyclic) bond motifs is 2. The maximum Gasteiger partial charge on any atom is 0.335 e. The molecule has 10 heteroatoms. The molecule has 2 aromatic heterocycles. The van der Waals surface area contributed by atoms with Gasteiger partial charge in [0, 0.05) is 0 Å². The molecule has 2 aliphatic heterocycles. The Labute approximate surface area is 141 Å². The molecule has 0 radical (unpaired) electrons. The van der Waals surface area contributed by atoms with Crippen LogP contribution in [-0.2, 0) is 19.0 Å². The van der Waals surface area contributed by atoms with E-state index in [1.807, 2.05) is 0 Å². The van der Waals surface area contributed by atoms with Gasteiger partial charge in [-0.3, -0.25) is 4.57 Å². The number of ether oxygens (including phenoxy) is 3. The van der Waals surface area contributed by atoms with Gasteiger partial charge in [-0.2, -0.15) is 0 Å². The molecule has 4 atom stereocenters. The van der Waals surface area contributed by atoms with Gasteiger partial charge in [0.25, 0.3) is 0 Å². The van der Waals surface area contributed by atoms with Crippen molar-refractivity contribution in [1.29, 1.82) is 0 Å². The van der Waals surface area contributed by atoms with Crippen LogP contribution in [0.2, 0.25) is 5.15 Å². The average Bonchev–Trinajstić information content (AvgIpc) is 3.07. The number of carboxylic acids is 1. The van der Waals surface area contributed by atoms with Crippen LogP contribution in [0.15, 0.2) is 12.7 Å². The van der Waals surface area contributed by atoms with Crippen LogP contribution in [0.25, 0.3) is 11.2 Å². The van der Waals surface area contributed by atoms with Gasteiger partial charge < -0.3 is 19.3 Å². The van der Waals surface area contributed by atoms with Crippen LogP contribution in [0.4, 0.5) is 0 Å². The fourth-order valence-electron chi connectivity index (χ4n) is 3.46. The third-order valence-electron chi connectivity index (χ3n) is 4.29. The van der Waals surface area contributed by atoms with Crippen LogP contribution in [0.1, 0.15) is 27.0 Å². The monoisotopic (exact) mass is 354 g/mol. The maximum absolute atomic E-state index is 11.6. The van der Waals surface area contributed by atoms with Gasteiger partial charge in [-0.15, -0.1) is 0 Å². The summed E-state index contributed by atoms with van der Waals surface area (Å²) in [5.41, 5.74) is -0.198. The number of nitrogens with zero attached hydrogens (tertiary/aromatic N) is 4. The van der Waals surface area contributed by atoms with Crippen molar-refractivity contribution < 1.29 is 24.1 Å². The second-order valence-electron chi connectivity index (χ2n) is 6.46. The van der Waals surface area contributed by atoms with Crippen LogP contribution in [0.5, 0.6) is 0 Å². The van der Waals surface area contributed by atoms with Gasteiger partial charge in [-0.05, 0) is 20.8 Å². The standard InChI is InChI=1S/C14H15ClN4O5/c1-13(2)23-8-7(11(20)21)22-12(14(8,3)24-13)19-5-18-6-9(15)16-4-17-10(6)19/h4-5,7-8,12H,1-3H3,(H,20,21)/t7-,8+,12+,14+/m0/s1. The minimum absolute atomic E-state index is 0.206. The maximum atomic E-state index is 11.6. The largest absolute Gasteiger partial charge is 0.479 e. The molecule has 0 aromatic carbocycles. The van der Waals surface area contributed by atoms with Gasteiger partial charge in [0.15, 0.2) is 28.9 Å². The number of hydrogen-bond acceptors (Lipinski definition) is 7. The van der Waals surface area contributed by atoms with Crippen molar-refractivity contribution in [3.05, 3.63) is 17.8 Å². The molecule has 0 saturated carbocycles. The Hall–Kier alpha value is -1.81. The van der Waals surface area contributed by atoms with E-state index in [1.165, 1.54) is 12.7 Å². The van der Waals surface area contributed by atoms with E-state index in [0.717, 1.165) is 0 Å². The molecule has 0 amide bonds. The van der Waals surface area contributed by atoms with Crippen molar-refractivity contribution in [2.45, 2.75) is 50.6 Å². The Morgan fingerprint density at radius 3 is 2.79 bits per heavy atom. The van der Waals surface area contributed by atoms with E-state index in [2.05, 4.69) is 15.0 Å². The van der Waals surface area contributed by atoms with Crippen molar-refractivity contribution >= 4 is 28.7 Å². The summed E-state index contributed by atoms with van der Waals surface area (Å²) in [5, 5.41) is 9.69. The average molecular weight is 355 g/mol. The van der Waals surface area contributed by atoms with Gasteiger partial charge in [0.1, 0.15) is 23.5 Å². The zero-order valence-electron chi connectivity index (χ0n) is 13.1. The summed E-state index contributed by atoms with van der Waals surface area (Å²) in [6.07, 6.45) is 0.0573. The molecule has 4 rings (SSSR count). The van der Waals surface area contributed by atoms with Crippen molar-refractivity contribution in [3.63, 3.8) is 0 Å².